The number of nitrogens with one attached hydrogen (secondary N) is 1. The number of non-ortho nitro benzene ring substituents is 1. The highest BCUT2D eigenvalue weighted by atomic mass is 16.6. The van der Waals surface area contributed by atoms with Gasteiger partial charge in [-0.25, -0.2) is 0 Å². The number of carbonyl (C=O) groups excluding carboxylic acids is 1. The SMILES string of the molecule is CC(C)C(C)(O)CNC(=O)c1cccc([N+](=O)[O-])c1. The van der Waals surface area contributed by atoms with Gasteiger partial charge in [-0.1, -0.05) is 19.9 Å². The lowest BCUT2D eigenvalue weighted by molar-refractivity contribution is -0.384. The number of rotatable bonds is 5. The van der Waals surface area contributed by atoms with Crippen LogP contribution in [-0.4, -0.2) is 28.1 Å². The summed E-state index contributed by atoms with van der Waals surface area (Å²) in [4.78, 5) is 21.9. The Bertz CT molecular complexity index is 483. The summed E-state index contributed by atoms with van der Waals surface area (Å²) < 4.78 is 0. The molecule has 0 aliphatic heterocycles. The molecule has 0 fully saturated rings. The van der Waals surface area contributed by atoms with Gasteiger partial charge in [0.1, 0.15) is 0 Å². The van der Waals surface area contributed by atoms with Gasteiger partial charge in [-0.3, -0.25) is 14.9 Å². The molecule has 1 unspecified atom stereocenters. The van der Waals surface area contributed by atoms with Crippen LogP contribution in [0, 0.1) is 16.0 Å². The minimum atomic E-state index is -1.02. The zero-order valence-electron chi connectivity index (χ0n) is 11.2. The van der Waals surface area contributed by atoms with Gasteiger partial charge < -0.3 is 10.4 Å². The summed E-state index contributed by atoms with van der Waals surface area (Å²) in [5.41, 5.74) is -0.951. The Balaban J connectivity index is 2.74. The molecule has 0 saturated carbocycles. The van der Waals surface area contributed by atoms with Crippen LogP contribution in [0.25, 0.3) is 0 Å². The van der Waals surface area contributed by atoms with E-state index < -0.39 is 16.4 Å². The monoisotopic (exact) mass is 266 g/mol. The van der Waals surface area contributed by atoms with Gasteiger partial charge in [0.25, 0.3) is 11.6 Å². The van der Waals surface area contributed by atoms with Crippen molar-refractivity contribution in [2.75, 3.05) is 6.54 Å². The van der Waals surface area contributed by atoms with Crippen molar-refractivity contribution in [1.29, 1.82) is 0 Å². The molecule has 0 heterocycles. The van der Waals surface area contributed by atoms with Crippen LogP contribution in [0.3, 0.4) is 0 Å². The van der Waals surface area contributed by atoms with Gasteiger partial charge in [0.15, 0.2) is 0 Å². The van der Waals surface area contributed by atoms with E-state index in [2.05, 4.69) is 5.32 Å². The third-order valence-corrected chi connectivity index (χ3v) is 3.17. The second kappa shape index (κ2) is 5.79. The van der Waals surface area contributed by atoms with Crippen LogP contribution in [-0.2, 0) is 0 Å². The number of carbonyl (C=O) groups is 1. The van der Waals surface area contributed by atoms with Crippen LogP contribution in [0.4, 0.5) is 5.69 Å². The van der Waals surface area contributed by atoms with E-state index in [4.69, 9.17) is 0 Å². The van der Waals surface area contributed by atoms with E-state index in [1.165, 1.54) is 24.3 Å². The van der Waals surface area contributed by atoms with Crippen LogP contribution in [0.5, 0.6) is 0 Å². The smallest absolute Gasteiger partial charge is 0.270 e. The van der Waals surface area contributed by atoms with Crippen molar-refractivity contribution in [1.82, 2.24) is 5.32 Å². The Morgan fingerprint density at radius 2 is 2.16 bits per heavy atom. The van der Waals surface area contributed by atoms with E-state index in [9.17, 15) is 20.0 Å². The van der Waals surface area contributed by atoms with E-state index in [0.717, 1.165) is 0 Å². The molecule has 0 aromatic heterocycles. The molecule has 0 aliphatic rings. The predicted molar refractivity (Wildman–Crippen MR) is 70.9 cm³/mol. The highest BCUT2D eigenvalue weighted by Crippen LogP contribution is 2.16. The third kappa shape index (κ3) is 4.03. The summed E-state index contributed by atoms with van der Waals surface area (Å²) in [5, 5.41) is 23.2. The average Bonchev–Trinajstić information content (AvgIpc) is 2.36. The molecule has 6 nitrogen and oxygen atoms in total. The first kappa shape index (κ1) is 15.1. The van der Waals surface area contributed by atoms with Crippen molar-refractivity contribution in [3.63, 3.8) is 0 Å². The molecule has 1 aromatic rings. The fourth-order valence-corrected chi connectivity index (χ4v) is 1.33. The second-order valence-electron chi connectivity index (χ2n) is 5.00. The minimum absolute atomic E-state index is 0.0158. The van der Waals surface area contributed by atoms with E-state index in [-0.39, 0.29) is 23.7 Å². The van der Waals surface area contributed by atoms with Crippen molar-refractivity contribution in [2.45, 2.75) is 26.4 Å². The van der Waals surface area contributed by atoms with Crippen LogP contribution in [0.1, 0.15) is 31.1 Å². The quantitative estimate of drug-likeness (QED) is 0.627. The highest BCUT2D eigenvalue weighted by molar-refractivity contribution is 5.94. The third-order valence-electron chi connectivity index (χ3n) is 3.17. The van der Waals surface area contributed by atoms with E-state index in [1.807, 2.05) is 13.8 Å². The summed E-state index contributed by atoms with van der Waals surface area (Å²) >= 11 is 0. The number of nitro groups is 1. The molecule has 0 radical (unpaired) electrons. The van der Waals surface area contributed by atoms with E-state index in [1.54, 1.807) is 6.92 Å². The molecule has 0 spiro atoms. The van der Waals surface area contributed by atoms with Crippen LogP contribution >= 0.6 is 0 Å². The molecular weight excluding hydrogens is 248 g/mol. The topological polar surface area (TPSA) is 92.5 Å². The van der Waals surface area contributed by atoms with Crippen molar-refractivity contribution in [2.24, 2.45) is 5.92 Å². The number of amides is 1. The maximum Gasteiger partial charge on any atom is 0.270 e. The molecule has 0 saturated heterocycles. The largest absolute Gasteiger partial charge is 0.388 e. The lowest BCUT2D eigenvalue weighted by atomic mass is 9.92. The van der Waals surface area contributed by atoms with Crippen LogP contribution in [0.2, 0.25) is 0 Å². The molecule has 1 amide bonds. The van der Waals surface area contributed by atoms with Gasteiger partial charge >= 0.3 is 0 Å². The van der Waals surface area contributed by atoms with Gasteiger partial charge in [0.2, 0.25) is 0 Å². The summed E-state index contributed by atoms with van der Waals surface area (Å²) in [6.07, 6.45) is 0. The zero-order valence-corrected chi connectivity index (χ0v) is 11.2. The highest BCUT2D eigenvalue weighted by Gasteiger charge is 2.25. The van der Waals surface area contributed by atoms with Crippen molar-refractivity contribution >= 4 is 11.6 Å². The number of hydrogen-bond acceptors (Lipinski definition) is 4. The molecule has 1 rings (SSSR count). The predicted octanol–water partition coefficient (Wildman–Crippen LogP) is 1.73. The Morgan fingerprint density at radius 3 is 2.68 bits per heavy atom. The molecule has 1 aromatic carbocycles. The lowest BCUT2D eigenvalue weighted by Gasteiger charge is -2.27. The number of nitro benzene ring substituents is 1. The van der Waals surface area contributed by atoms with Crippen LogP contribution < -0.4 is 5.32 Å². The van der Waals surface area contributed by atoms with Crippen molar-refractivity contribution < 1.29 is 14.8 Å². The molecule has 6 heteroatoms. The molecular formula is C13H18N2O4. The zero-order chi connectivity index (χ0) is 14.6. The Kier molecular flexibility index (Phi) is 4.61. The van der Waals surface area contributed by atoms with Gasteiger partial charge in [-0.15, -0.1) is 0 Å². The Morgan fingerprint density at radius 1 is 1.53 bits per heavy atom. The van der Waals surface area contributed by atoms with E-state index >= 15 is 0 Å². The van der Waals surface area contributed by atoms with Crippen molar-refractivity contribution in [3.05, 3.63) is 39.9 Å². The molecule has 19 heavy (non-hydrogen) atoms. The maximum absolute atomic E-state index is 11.8. The molecule has 0 aliphatic carbocycles. The normalized spacial score (nSPS) is 13.9. The van der Waals surface area contributed by atoms with Gasteiger partial charge in [-0.2, -0.15) is 0 Å². The molecule has 104 valence electrons. The fourth-order valence-electron chi connectivity index (χ4n) is 1.33. The molecule has 1 atom stereocenters. The van der Waals surface area contributed by atoms with Crippen LogP contribution in [0.15, 0.2) is 24.3 Å². The second-order valence-corrected chi connectivity index (χ2v) is 5.00. The summed E-state index contributed by atoms with van der Waals surface area (Å²) in [6, 6.07) is 5.47. The number of hydrogen-bond donors (Lipinski definition) is 2. The number of benzene rings is 1. The molecule has 2 N–H and O–H groups in total. The Labute approximate surface area is 111 Å². The molecule has 0 bridgehead atoms. The lowest BCUT2D eigenvalue weighted by Crippen LogP contribution is -2.44. The average molecular weight is 266 g/mol. The standard InChI is InChI=1S/C13H18N2O4/c1-9(2)13(3,17)8-14-12(16)10-5-4-6-11(7-10)15(18)19/h4-7,9,17H,8H2,1-3H3,(H,14,16). The minimum Gasteiger partial charge on any atom is -0.388 e. The summed E-state index contributed by atoms with van der Waals surface area (Å²) in [5.74, 6) is -0.456. The van der Waals surface area contributed by atoms with Crippen molar-refractivity contribution in [3.8, 4) is 0 Å². The number of aliphatic hydroxyl groups is 1. The van der Waals surface area contributed by atoms with Gasteiger partial charge in [0, 0.05) is 24.2 Å². The first-order chi connectivity index (χ1) is 8.74. The first-order valence-corrected chi connectivity index (χ1v) is 5.99. The Hall–Kier alpha value is -1.95. The van der Waals surface area contributed by atoms with E-state index in [0.29, 0.717) is 0 Å². The summed E-state index contributed by atoms with van der Waals surface area (Å²) in [7, 11) is 0. The maximum atomic E-state index is 11.8. The van der Waals surface area contributed by atoms with Gasteiger partial charge in [-0.05, 0) is 18.9 Å². The van der Waals surface area contributed by atoms with Gasteiger partial charge in [0.05, 0.1) is 10.5 Å². The fraction of sp³-hybridized carbons (Fsp3) is 0.462. The number of nitrogens with zero attached hydrogens (tertiary/aromatic N) is 1. The summed E-state index contributed by atoms with van der Waals surface area (Å²) in [6.45, 7) is 5.41. The first-order valence-electron chi connectivity index (χ1n) is 5.99.